The van der Waals surface area contributed by atoms with Crippen LogP contribution in [0.3, 0.4) is 0 Å². The van der Waals surface area contributed by atoms with E-state index in [-0.39, 0.29) is 29.6 Å². The van der Waals surface area contributed by atoms with E-state index in [0.29, 0.717) is 29.1 Å². The molecule has 34 heavy (non-hydrogen) atoms. The maximum Gasteiger partial charge on any atom is 0.222 e. The molecule has 1 aromatic carbocycles. The highest BCUT2D eigenvalue weighted by Crippen LogP contribution is 2.43. The Hall–Kier alpha value is -4.14. The minimum absolute atomic E-state index is 0.101. The van der Waals surface area contributed by atoms with Crippen LogP contribution in [0.2, 0.25) is 0 Å². The molecule has 0 fully saturated rings. The third-order valence-corrected chi connectivity index (χ3v) is 5.73. The SMILES string of the molecule is COc1cc(C=C2c3ncc(F)cc3C(CC(=O)NCc3cccnc3)N2C)cc(OC)c1O. The molecule has 0 saturated carbocycles. The number of aromatic nitrogens is 2. The molecule has 0 aliphatic carbocycles. The first-order valence-electron chi connectivity index (χ1n) is 10.6. The molecule has 2 N–H and O–H groups in total. The smallest absolute Gasteiger partial charge is 0.222 e. The van der Waals surface area contributed by atoms with E-state index in [1.807, 2.05) is 24.1 Å². The number of fused-ring (bicyclic) bond motifs is 1. The lowest BCUT2D eigenvalue weighted by Gasteiger charge is -2.23. The molecule has 0 bridgehead atoms. The number of methoxy groups -OCH3 is 2. The highest BCUT2D eigenvalue weighted by molar-refractivity contribution is 5.85. The number of phenols is 1. The Morgan fingerprint density at radius 2 is 1.97 bits per heavy atom. The van der Waals surface area contributed by atoms with Crippen LogP contribution < -0.4 is 14.8 Å². The van der Waals surface area contributed by atoms with Crippen LogP contribution >= 0.6 is 0 Å². The maximum absolute atomic E-state index is 14.1. The second-order valence-corrected chi connectivity index (χ2v) is 7.86. The van der Waals surface area contributed by atoms with Crippen molar-refractivity contribution in [3.05, 3.63) is 77.1 Å². The Bertz CT molecular complexity index is 1210. The highest BCUT2D eigenvalue weighted by atomic mass is 19.1. The van der Waals surface area contributed by atoms with Crippen LogP contribution in [-0.4, -0.2) is 47.1 Å². The summed E-state index contributed by atoms with van der Waals surface area (Å²) in [5.74, 6) is -0.237. The van der Waals surface area contributed by atoms with Gasteiger partial charge in [0.25, 0.3) is 0 Å². The van der Waals surface area contributed by atoms with E-state index in [2.05, 4.69) is 15.3 Å². The zero-order valence-corrected chi connectivity index (χ0v) is 19.1. The van der Waals surface area contributed by atoms with Gasteiger partial charge in [0.2, 0.25) is 11.7 Å². The zero-order valence-electron chi connectivity index (χ0n) is 19.1. The fourth-order valence-corrected chi connectivity index (χ4v) is 3.99. The molecule has 3 aromatic rings. The highest BCUT2D eigenvalue weighted by Gasteiger charge is 2.34. The van der Waals surface area contributed by atoms with Gasteiger partial charge in [-0.15, -0.1) is 0 Å². The van der Waals surface area contributed by atoms with E-state index in [4.69, 9.17) is 9.47 Å². The van der Waals surface area contributed by atoms with E-state index >= 15 is 0 Å². The minimum Gasteiger partial charge on any atom is -0.502 e. The first kappa shape index (κ1) is 23.0. The number of amides is 1. The molecule has 1 aliphatic rings. The number of rotatable bonds is 7. The average molecular weight is 464 g/mol. The van der Waals surface area contributed by atoms with Crippen LogP contribution in [0.5, 0.6) is 17.2 Å². The number of benzene rings is 1. The predicted molar refractivity (Wildman–Crippen MR) is 124 cm³/mol. The van der Waals surface area contributed by atoms with Crippen molar-refractivity contribution in [2.45, 2.75) is 19.0 Å². The molecule has 0 spiro atoms. The van der Waals surface area contributed by atoms with Crippen molar-refractivity contribution in [1.82, 2.24) is 20.2 Å². The topological polar surface area (TPSA) is 96.8 Å². The number of nitrogens with one attached hydrogen (secondary N) is 1. The van der Waals surface area contributed by atoms with Gasteiger partial charge in [-0.05, 0) is 41.5 Å². The zero-order chi connectivity index (χ0) is 24.2. The summed E-state index contributed by atoms with van der Waals surface area (Å²) < 4.78 is 24.6. The van der Waals surface area contributed by atoms with Crippen molar-refractivity contribution >= 4 is 17.7 Å². The molecule has 8 nitrogen and oxygen atoms in total. The van der Waals surface area contributed by atoms with E-state index in [0.717, 1.165) is 11.8 Å². The molecular weight excluding hydrogens is 439 g/mol. The van der Waals surface area contributed by atoms with Crippen molar-refractivity contribution in [3.8, 4) is 17.2 Å². The van der Waals surface area contributed by atoms with Gasteiger partial charge in [-0.1, -0.05) is 6.07 Å². The van der Waals surface area contributed by atoms with Crippen LogP contribution in [0, 0.1) is 5.82 Å². The number of halogens is 1. The molecule has 1 amide bonds. The number of carbonyl (C=O) groups is 1. The Kier molecular flexibility index (Phi) is 6.62. The summed E-state index contributed by atoms with van der Waals surface area (Å²) in [6, 6.07) is 8.02. The molecule has 0 radical (unpaired) electrons. The Morgan fingerprint density at radius 1 is 1.24 bits per heavy atom. The number of ether oxygens (including phenoxy) is 2. The summed E-state index contributed by atoms with van der Waals surface area (Å²) >= 11 is 0. The van der Waals surface area contributed by atoms with Gasteiger partial charge in [-0.25, -0.2) is 4.39 Å². The summed E-state index contributed by atoms with van der Waals surface area (Å²) in [6.45, 7) is 0.354. The first-order chi connectivity index (χ1) is 16.4. The Labute approximate surface area is 196 Å². The van der Waals surface area contributed by atoms with E-state index < -0.39 is 11.9 Å². The molecule has 9 heteroatoms. The van der Waals surface area contributed by atoms with Gasteiger partial charge in [0.15, 0.2) is 11.5 Å². The molecule has 1 aliphatic heterocycles. The normalized spacial score (nSPS) is 15.8. The largest absolute Gasteiger partial charge is 0.502 e. The number of carbonyl (C=O) groups excluding carboxylic acids is 1. The Balaban J connectivity index is 1.63. The van der Waals surface area contributed by atoms with E-state index in [1.54, 1.807) is 30.6 Å². The summed E-state index contributed by atoms with van der Waals surface area (Å²) in [5.41, 5.74) is 3.49. The van der Waals surface area contributed by atoms with Crippen LogP contribution in [0.15, 0.2) is 48.9 Å². The van der Waals surface area contributed by atoms with Gasteiger partial charge in [-0.3, -0.25) is 14.8 Å². The van der Waals surface area contributed by atoms with Crippen LogP contribution in [0.4, 0.5) is 4.39 Å². The molecule has 1 unspecified atom stereocenters. The molecule has 2 aromatic heterocycles. The minimum atomic E-state index is -0.470. The average Bonchev–Trinajstić information content (AvgIpc) is 3.09. The fraction of sp³-hybridized carbons (Fsp3) is 0.240. The van der Waals surface area contributed by atoms with Gasteiger partial charge in [0.05, 0.1) is 44.3 Å². The summed E-state index contributed by atoms with van der Waals surface area (Å²) in [4.78, 5) is 23.0. The number of phenolic OH excluding ortho intramolecular Hbond substituents is 1. The number of pyridine rings is 2. The fourth-order valence-electron chi connectivity index (χ4n) is 3.99. The number of nitrogens with zero attached hydrogens (tertiary/aromatic N) is 3. The van der Waals surface area contributed by atoms with Gasteiger partial charge in [0, 0.05) is 31.5 Å². The molecule has 0 saturated heterocycles. The third-order valence-electron chi connectivity index (χ3n) is 5.73. The van der Waals surface area contributed by atoms with E-state index in [9.17, 15) is 14.3 Å². The van der Waals surface area contributed by atoms with Gasteiger partial charge < -0.3 is 24.8 Å². The Morgan fingerprint density at radius 3 is 2.62 bits per heavy atom. The number of hydrogen-bond donors (Lipinski definition) is 2. The van der Waals surface area contributed by atoms with Gasteiger partial charge >= 0.3 is 0 Å². The van der Waals surface area contributed by atoms with Crippen LogP contribution in [0.1, 0.15) is 34.8 Å². The second kappa shape index (κ2) is 9.78. The summed E-state index contributed by atoms with van der Waals surface area (Å²) in [6.07, 6.45) is 6.47. The van der Waals surface area contributed by atoms with Gasteiger partial charge in [-0.2, -0.15) is 0 Å². The lowest BCUT2D eigenvalue weighted by molar-refractivity contribution is -0.122. The molecule has 3 heterocycles. The third kappa shape index (κ3) is 4.63. The van der Waals surface area contributed by atoms with Crippen molar-refractivity contribution in [1.29, 1.82) is 0 Å². The monoisotopic (exact) mass is 464 g/mol. The molecule has 1 atom stereocenters. The van der Waals surface area contributed by atoms with Crippen molar-refractivity contribution in [2.24, 2.45) is 0 Å². The lowest BCUT2D eigenvalue weighted by atomic mass is 10.0. The van der Waals surface area contributed by atoms with Crippen LogP contribution in [0.25, 0.3) is 11.8 Å². The lowest BCUT2D eigenvalue weighted by Crippen LogP contribution is -2.28. The van der Waals surface area contributed by atoms with E-state index in [1.165, 1.54) is 20.3 Å². The van der Waals surface area contributed by atoms with Crippen molar-refractivity contribution in [2.75, 3.05) is 21.3 Å². The number of hydrogen-bond acceptors (Lipinski definition) is 7. The standard InChI is InChI=1S/C25H25FN4O4/c1-30-19(11-23(31)28-13-15-5-4-6-27-12-15)18-10-17(26)14-29-24(18)20(30)7-16-8-21(33-2)25(32)22(9-16)34-3/h4-10,12,14,19,32H,11,13H2,1-3H3,(H,28,31). The summed E-state index contributed by atoms with van der Waals surface area (Å²) in [7, 11) is 4.74. The molecule has 4 rings (SSSR count). The maximum atomic E-state index is 14.1. The van der Waals surface area contributed by atoms with Gasteiger partial charge in [0.1, 0.15) is 5.82 Å². The van der Waals surface area contributed by atoms with Crippen molar-refractivity contribution in [3.63, 3.8) is 0 Å². The first-order valence-corrected chi connectivity index (χ1v) is 10.6. The molecule has 176 valence electrons. The van der Waals surface area contributed by atoms with Crippen molar-refractivity contribution < 1.29 is 23.8 Å². The summed E-state index contributed by atoms with van der Waals surface area (Å²) in [5, 5.41) is 13.1. The second-order valence-electron chi connectivity index (χ2n) is 7.86. The van der Waals surface area contributed by atoms with Crippen LogP contribution in [-0.2, 0) is 11.3 Å². The predicted octanol–water partition coefficient (Wildman–Crippen LogP) is 3.53. The number of aromatic hydroxyl groups is 1. The molecular formula is C25H25FN4O4. The quantitative estimate of drug-likeness (QED) is 0.552.